The Balaban J connectivity index is 0.000000551. The number of benzene rings is 4. The Morgan fingerprint density at radius 1 is 0.646 bits per heavy atom. The number of nitrogens with zero attached hydrogens (tertiary/aromatic N) is 2. The number of rotatable bonds is 20. The molecular weight excluding hydrogens is 850 g/mol. The van der Waals surface area contributed by atoms with Crippen molar-refractivity contribution in [3.8, 4) is 37.0 Å². The minimum absolute atomic E-state index is 0.0387. The molecule has 0 saturated carbocycles. The van der Waals surface area contributed by atoms with Gasteiger partial charge in [0.2, 0.25) is 0 Å². The molecule has 0 spiro atoms. The SMILES string of the molecule is C#Cc1cc(C(=O)O)cc(C(=O)N(CCC)CCC)c1.C#Cc1cccc(CNC[C@@H](O)[C@H](Cc2cc(F)cc(F)c2)NC(=O)c2cc(C#C)cc(C(=O)N(CCC)CCC)c2)c1.CCl. The van der Waals surface area contributed by atoms with Crippen LogP contribution >= 0.6 is 11.6 Å². The minimum Gasteiger partial charge on any atom is -0.478 e. The molecule has 4 N–H and O–H groups in total. The normalized spacial score (nSPS) is 11.1. The summed E-state index contributed by atoms with van der Waals surface area (Å²) in [6.07, 6.45) is 20.0. The number of hydrogen-bond acceptors (Lipinski definition) is 6. The minimum atomic E-state index is -1.15. The van der Waals surface area contributed by atoms with E-state index in [1.165, 1.54) is 30.6 Å². The van der Waals surface area contributed by atoms with Crippen molar-refractivity contribution in [1.82, 2.24) is 20.4 Å². The summed E-state index contributed by atoms with van der Waals surface area (Å²) in [5.41, 5.74) is 3.42. The molecule has 13 heteroatoms. The van der Waals surface area contributed by atoms with E-state index in [2.05, 4.69) is 40.0 Å². The second-order valence-corrected chi connectivity index (χ2v) is 14.9. The van der Waals surface area contributed by atoms with Crippen LogP contribution in [0.3, 0.4) is 0 Å². The van der Waals surface area contributed by atoms with Crippen LogP contribution in [0.15, 0.2) is 78.9 Å². The molecule has 4 aromatic carbocycles. The summed E-state index contributed by atoms with van der Waals surface area (Å²) in [5.74, 6) is 3.83. The fraction of sp³-hybridized carbons (Fsp3) is 0.346. The number of carboxylic acid groups (broad SMARTS) is 1. The number of carboxylic acids is 1. The number of amides is 3. The van der Waals surface area contributed by atoms with E-state index in [0.717, 1.165) is 55.0 Å². The zero-order valence-corrected chi connectivity index (χ0v) is 38.5. The Morgan fingerprint density at radius 3 is 1.57 bits per heavy atom. The Morgan fingerprint density at radius 2 is 1.11 bits per heavy atom. The zero-order valence-electron chi connectivity index (χ0n) is 37.7. The molecule has 4 aromatic rings. The number of carbonyl (C=O) groups excluding carboxylic acids is 3. The molecule has 0 radical (unpaired) electrons. The molecule has 0 unspecified atom stereocenters. The van der Waals surface area contributed by atoms with Crippen molar-refractivity contribution in [2.24, 2.45) is 0 Å². The fourth-order valence-corrected chi connectivity index (χ4v) is 6.79. The smallest absolute Gasteiger partial charge is 0.335 e. The number of hydrogen-bond donors (Lipinski definition) is 4. The van der Waals surface area contributed by atoms with Gasteiger partial charge in [0.15, 0.2) is 0 Å². The van der Waals surface area contributed by atoms with Crippen molar-refractivity contribution in [2.45, 2.75) is 78.5 Å². The number of aromatic carboxylic acids is 1. The van der Waals surface area contributed by atoms with Crippen LogP contribution in [0.5, 0.6) is 0 Å². The third kappa shape index (κ3) is 17.9. The lowest BCUT2D eigenvalue weighted by Gasteiger charge is -2.25. The van der Waals surface area contributed by atoms with Gasteiger partial charge in [-0.05, 0) is 104 Å². The monoisotopic (exact) mass is 908 g/mol. The van der Waals surface area contributed by atoms with Crippen molar-refractivity contribution in [1.29, 1.82) is 0 Å². The first kappa shape index (κ1) is 54.6. The first-order chi connectivity index (χ1) is 31.2. The molecule has 0 aliphatic rings. The highest BCUT2D eigenvalue weighted by atomic mass is 35.5. The molecule has 0 aliphatic heterocycles. The van der Waals surface area contributed by atoms with E-state index in [1.807, 2.05) is 45.9 Å². The van der Waals surface area contributed by atoms with E-state index >= 15 is 0 Å². The Bertz CT molecular complexity index is 2320. The van der Waals surface area contributed by atoms with Crippen molar-refractivity contribution in [3.63, 3.8) is 0 Å². The Kier molecular flexibility index (Phi) is 24.4. The fourth-order valence-electron chi connectivity index (χ4n) is 6.79. The van der Waals surface area contributed by atoms with E-state index in [4.69, 9.17) is 24.4 Å². The number of nitrogens with one attached hydrogen (secondary N) is 2. The molecule has 2 atom stereocenters. The van der Waals surface area contributed by atoms with Crippen LogP contribution in [-0.2, 0) is 13.0 Å². The highest BCUT2D eigenvalue weighted by molar-refractivity contribution is 6.15. The molecule has 10 nitrogen and oxygen atoms in total. The van der Waals surface area contributed by atoms with Gasteiger partial charge in [0.05, 0.1) is 17.7 Å². The number of alkyl halides is 1. The van der Waals surface area contributed by atoms with Crippen LogP contribution in [0.4, 0.5) is 8.78 Å². The third-order valence-electron chi connectivity index (χ3n) is 9.69. The van der Waals surface area contributed by atoms with E-state index in [9.17, 15) is 33.1 Å². The maximum absolute atomic E-state index is 14.0. The van der Waals surface area contributed by atoms with Gasteiger partial charge in [-0.3, -0.25) is 14.4 Å². The largest absolute Gasteiger partial charge is 0.478 e. The van der Waals surface area contributed by atoms with Gasteiger partial charge in [-0.1, -0.05) is 57.6 Å². The second-order valence-electron chi connectivity index (χ2n) is 14.9. The van der Waals surface area contributed by atoms with E-state index in [1.54, 1.807) is 28.0 Å². The number of aliphatic hydroxyl groups is 1. The molecule has 0 aliphatic carbocycles. The van der Waals surface area contributed by atoms with Crippen LogP contribution in [-0.4, -0.2) is 95.0 Å². The topological polar surface area (TPSA) is 139 Å². The average Bonchev–Trinajstić information content (AvgIpc) is 3.30. The van der Waals surface area contributed by atoms with Gasteiger partial charge in [0.25, 0.3) is 17.7 Å². The van der Waals surface area contributed by atoms with Crippen molar-refractivity contribution < 1.29 is 38.2 Å². The Hall–Kier alpha value is -6.49. The molecule has 0 saturated heterocycles. The lowest BCUT2D eigenvalue weighted by atomic mass is 9.99. The summed E-state index contributed by atoms with van der Waals surface area (Å²) in [5, 5.41) is 26.1. The predicted molar refractivity (Wildman–Crippen MR) is 254 cm³/mol. The number of terminal acetylenes is 3. The van der Waals surface area contributed by atoms with Gasteiger partial charge in [-0.25, -0.2) is 13.6 Å². The van der Waals surface area contributed by atoms with Crippen LogP contribution < -0.4 is 10.6 Å². The number of halogens is 3. The molecule has 344 valence electrons. The first-order valence-corrected chi connectivity index (χ1v) is 22.1. The maximum atomic E-state index is 14.0. The van der Waals surface area contributed by atoms with Crippen LogP contribution in [0, 0.1) is 48.7 Å². The molecule has 3 amide bonds. The van der Waals surface area contributed by atoms with E-state index in [0.29, 0.717) is 49.4 Å². The molecule has 4 rings (SSSR count). The van der Waals surface area contributed by atoms with Gasteiger partial charge in [-0.2, -0.15) is 0 Å². The summed E-state index contributed by atoms with van der Waals surface area (Å²) in [6.45, 7) is 10.8. The molecule has 0 fully saturated rings. The van der Waals surface area contributed by atoms with Gasteiger partial charge in [-0.15, -0.1) is 30.9 Å². The summed E-state index contributed by atoms with van der Waals surface area (Å²) in [6, 6.07) is 18.3. The number of aliphatic hydroxyl groups excluding tert-OH is 1. The quantitative estimate of drug-likeness (QED) is 0.0519. The van der Waals surface area contributed by atoms with E-state index in [-0.39, 0.29) is 47.0 Å². The molecule has 0 bridgehead atoms. The summed E-state index contributed by atoms with van der Waals surface area (Å²) >= 11 is 4.64. The Labute approximate surface area is 387 Å². The average molecular weight is 910 g/mol. The predicted octanol–water partition coefficient (Wildman–Crippen LogP) is 8.16. The van der Waals surface area contributed by atoms with Crippen molar-refractivity contribution >= 4 is 35.3 Å². The first-order valence-electron chi connectivity index (χ1n) is 21.3. The molecule has 0 aromatic heterocycles. The lowest BCUT2D eigenvalue weighted by Crippen LogP contribution is -2.48. The van der Waals surface area contributed by atoms with Gasteiger partial charge in [0, 0.05) is 85.1 Å². The molecular formula is C52H59ClF2N4O6. The zero-order chi connectivity index (χ0) is 48.5. The molecule has 65 heavy (non-hydrogen) atoms. The van der Waals surface area contributed by atoms with Crippen molar-refractivity contribution in [2.75, 3.05) is 39.1 Å². The molecule has 0 heterocycles. The maximum Gasteiger partial charge on any atom is 0.335 e. The third-order valence-corrected chi connectivity index (χ3v) is 9.69. The highest BCUT2D eigenvalue weighted by Gasteiger charge is 2.25. The lowest BCUT2D eigenvalue weighted by molar-refractivity contribution is 0.0695. The van der Waals surface area contributed by atoms with Gasteiger partial charge >= 0.3 is 5.97 Å². The summed E-state index contributed by atoms with van der Waals surface area (Å²) < 4.78 is 27.9. The van der Waals surface area contributed by atoms with Gasteiger partial charge < -0.3 is 30.6 Å². The highest BCUT2D eigenvalue weighted by Crippen LogP contribution is 2.17. The van der Waals surface area contributed by atoms with Crippen LogP contribution in [0.1, 0.15) is 123 Å². The van der Waals surface area contributed by atoms with Crippen molar-refractivity contribution in [3.05, 3.63) is 141 Å². The standard InChI is InChI=1S/C35H37F2N3O3.C16H19NO3.CH3Cl/c1-5-12-40(13-6-2)35(43)29-16-25(8-4)15-28(20-29)34(42)39-32(19-27-17-30(36)21-31(37)18-27)33(41)23-38-22-26-11-9-10-24(7-3)14-26;1-4-7-17(8-5-2)15(18)13-9-12(6-3)10-14(11-13)16(19)20;1-2/h3-4,9-11,14-18,20-21,32-33,38,41H,5-6,12-13,19,22-23H2,1-2H3,(H,39,42);3,9-11H,4-5,7-8H2,1-2H3,(H,19,20);1H3/t32-,33+;;/m0../s1. The second kappa shape index (κ2) is 29.1. The van der Waals surface area contributed by atoms with Crippen LogP contribution in [0.2, 0.25) is 0 Å². The summed E-state index contributed by atoms with van der Waals surface area (Å²) in [4.78, 5) is 53.7. The van der Waals surface area contributed by atoms with Crippen LogP contribution in [0.25, 0.3) is 0 Å². The number of carbonyl (C=O) groups is 4. The van der Waals surface area contributed by atoms with Gasteiger partial charge in [0.1, 0.15) is 11.6 Å². The summed E-state index contributed by atoms with van der Waals surface area (Å²) in [7, 11) is 0. The van der Waals surface area contributed by atoms with E-state index < -0.39 is 35.7 Å².